The van der Waals surface area contributed by atoms with Crippen molar-refractivity contribution in [2.24, 2.45) is 0 Å². The fraction of sp³-hybridized carbons (Fsp3) is 0.353. The minimum atomic E-state index is -0.0806. The lowest BCUT2D eigenvalue weighted by Crippen LogP contribution is -2.31. The standard InChI is InChI=1S/C17H22N4O2S/c1-11-6-5-7-15(12(11)2)21(13(3)22)17-20-14(10-24-17)8-19-9-16(23)18-4/h5-7,10,19H,8-9H2,1-4H3,(H,18,23). The Hall–Kier alpha value is -2.25. The van der Waals surface area contributed by atoms with E-state index in [1.54, 1.807) is 11.9 Å². The second kappa shape index (κ2) is 8.03. The zero-order valence-corrected chi connectivity index (χ0v) is 15.2. The average Bonchev–Trinajstić information content (AvgIpc) is 2.99. The number of carbonyl (C=O) groups excluding carboxylic acids is 2. The van der Waals surface area contributed by atoms with E-state index in [2.05, 4.69) is 15.6 Å². The van der Waals surface area contributed by atoms with Gasteiger partial charge in [-0.1, -0.05) is 12.1 Å². The third-order valence-corrected chi connectivity index (χ3v) is 4.61. The molecular weight excluding hydrogens is 324 g/mol. The molecule has 2 aromatic rings. The van der Waals surface area contributed by atoms with E-state index in [4.69, 9.17) is 0 Å². The van der Waals surface area contributed by atoms with E-state index in [1.165, 1.54) is 18.3 Å². The molecule has 1 aromatic heterocycles. The number of nitrogens with one attached hydrogen (secondary N) is 2. The van der Waals surface area contributed by atoms with Crippen molar-refractivity contribution in [1.82, 2.24) is 15.6 Å². The molecule has 0 saturated heterocycles. The molecule has 1 heterocycles. The van der Waals surface area contributed by atoms with Crippen molar-refractivity contribution in [2.45, 2.75) is 27.3 Å². The molecule has 0 atom stereocenters. The first-order valence-corrected chi connectivity index (χ1v) is 8.54. The Labute approximate surface area is 145 Å². The topological polar surface area (TPSA) is 74.3 Å². The fourth-order valence-corrected chi connectivity index (χ4v) is 3.14. The molecule has 0 saturated carbocycles. The number of aryl methyl sites for hydroxylation is 1. The Bertz CT molecular complexity index is 742. The van der Waals surface area contributed by atoms with Crippen LogP contribution in [0.4, 0.5) is 10.8 Å². The average molecular weight is 346 g/mol. The molecule has 128 valence electrons. The molecule has 24 heavy (non-hydrogen) atoms. The molecule has 0 bridgehead atoms. The molecular formula is C17H22N4O2S. The number of aromatic nitrogens is 1. The predicted molar refractivity (Wildman–Crippen MR) is 96.6 cm³/mol. The third-order valence-electron chi connectivity index (χ3n) is 3.73. The van der Waals surface area contributed by atoms with Gasteiger partial charge in [-0.05, 0) is 31.0 Å². The molecule has 2 rings (SSSR count). The summed E-state index contributed by atoms with van der Waals surface area (Å²) in [4.78, 5) is 29.6. The summed E-state index contributed by atoms with van der Waals surface area (Å²) in [5.74, 6) is -0.158. The Morgan fingerprint density at radius 2 is 2.04 bits per heavy atom. The highest BCUT2D eigenvalue weighted by atomic mass is 32.1. The van der Waals surface area contributed by atoms with Crippen LogP contribution in [0.25, 0.3) is 0 Å². The lowest BCUT2D eigenvalue weighted by Gasteiger charge is -2.21. The minimum Gasteiger partial charge on any atom is -0.358 e. The third kappa shape index (κ3) is 4.18. The fourth-order valence-electron chi connectivity index (χ4n) is 2.26. The number of rotatable bonds is 6. The lowest BCUT2D eigenvalue weighted by atomic mass is 10.1. The van der Waals surface area contributed by atoms with Gasteiger partial charge < -0.3 is 10.6 Å². The smallest absolute Gasteiger partial charge is 0.233 e. The van der Waals surface area contributed by atoms with Crippen LogP contribution in [0.1, 0.15) is 23.7 Å². The minimum absolute atomic E-state index is 0.0776. The van der Waals surface area contributed by atoms with Gasteiger partial charge in [-0.25, -0.2) is 4.98 Å². The van der Waals surface area contributed by atoms with Crippen LogP contribution in [0.2, 0.25) is 0 Å². The summed E-state index contributed by atoms with van der Waals surface area (Å²) in [7, 11) is 1.60. The van der Waals surface area contributed by atoms with Gasteiger partial charge in [-0.2, -0.15) is 0 Å². The monoisotopic (exact) mass is 346 g/mol. The molecule has 0 fully saturated rings. The van der Waals surface area contributed by atoms with Crippen LogP contribution in [-0.2, 0) is 16.1 Å². The molecule has 0 unspecified atom stereocenters. The van der Waals surface area contributed by atoms with Crippen molar-refractivity contribution >= 4 is 34.0 Å². The highest BCUT2D eigenvalue weighted by molar-refractivity contribution is 7.14. The summed E-state index contributed by atoms with van der Waals surface area (Å²) in [6, 6.07) is 5.88. The summed E-state index contributed by atoms with van der Waals surface area (Å²) >= 11 is 1.41. The van der Waals surface area contributed by atoms with Gasteiger partial charge in [0.15, 0.2) is 5.13 Å². The maximum atomic E-state index is 12.2. The van der Waals surface area contributed by atoms with E-state index in [9.17, 15) is 9.59 Å². The molecule has 2 N–H and O–H groups in total. The van der Waals surface area contributed by atoms with Crippen LogP contribution < -0.4 is 15.5 Å². The van der Waals surface area contributed by atoms with E-state index < -0.39 is 0 Å². The number of likely N-dealkylation sites (N-methyl/N-ethyl adjacent to an activating group) is 1. The van der Waals surface area contributed by atoms with Gasteiger partial charge >= 0.3 is 0 Å². The number of carbonyl (C=O) groups is 2. The number of amides is 2. The summed E-state index contributed by atoms with van der Waals surface area (Å²) in [5, 5.41) is 8.10. The van der Waals surface area contributed by atoms with Crippen molar-refractivity contribution < 1.29 is 9.59 Å². The number of benzene rings is 1. The van der Waals surface area contributed by atoms with Gasteiger partial charge in [0.2, 0.25) is 11.8 Å². The highest BCUT2D eigenvalue weighted by Crippen LogP contribution is 2.32. The molecule has 0 aliphatic carbocycles. The van der Waals surface area contributed by atoms with E-state index >= 15 is 0 Å². The van der Waals surface area contributed by atoms with Crippen molar-refractivity contribution in [3.05, 3.63) is 40.4 Å². The van der Waals surface area contributed by atoms with Crippen LogP contribution in [0.15, 0.2) is 23.6 Å². The highest BCUT2D eigenvalue weighted by Gasteiger charge is 2.20. The first-order valence-electron chi connectivity index (χ1n) is 7.66. The SMILES string of the molecule is CNC(=O)CNCc1csc(N(C(C)=O)c2cccc(C)c2C)n1. The summed E-state index contributed by atoms with van der Waals surface area (Å²) in [5.41, 5.74) is 3.84. The lowest BCUT2D eigenvalue weighted by molar-refractivity contribution is -0.119. The molecule has 7 heteroatoms. The molecule has 6 nitrogen and oxygen atoms in total. The first kappa shape index (κ1) is 18.1. The first-order chi connectivity index (χ1) is 11.4. The Kier molecular flexibility index (Phi) is 6.05. The van der Waals surface area contributed by atoms with Gasteiger partial charge in [0.1, 0.15) is 0 Å². The van der Waals surface area contributed by atoms with E-state index in [0.717, 1.165) is 22.5 Å². The maximum Gasteiger partial charge on any atom is 0.233 e. The van der Waals surface area contributed by atoms with Crippen LogP contribution in [0, 0.1) is 13.8 Å². The Morgan fingerprint density at radius 3 is 2.71 bits per heavy atom. The second-order valence-electron chi connectivity index (χ2n) is 5.47. The Morgan fingerprint density at radius 1 is 1.29 bits per heavy atom. The molecule has 0 spiro atoms. The maximum absolute atomic E-state index is 12.2. The zero-order valence-electron chi connectivity index (χ0n) is 14.3. The Balaban J connectivity index is 2.19. The molecule has 0 radical (unpaired) electrons. The number of hydrogen-bond acceptors (Lipinski definition) is 5. The number of thiazole rings is 1. The summed E-state index contributed by atoms with van der Waals surface area (Å²) < 4.78 is 0. The molecule has 0 aliphatic heterocycles. The molecule has 1 aromatic carbocycles. The largest absolute Gasteiger partial charge is 0.358 e. The van der Waals surface area contributed by atoms with Crippen LogP contribution >= 0.6 is 11.3 Å². The van der Waals surface area contributed by atoms with Gasteiger partial charge in [-0.3, -0.25) is 14.5 Å². The molecule has 2 amide bonds. The van der Waals surface area contributed by atoms with Crippen LogP contribution in [0.5, 0.6) is 0 Å². The van der Waals surface area contributed by atoms with Crippen molar-refractivity contribution in [2.75, 3.05) is 18.5 Å². The van der Waals surface area contributed by atoms with E-state index in [0.29, 0.717) is 11.7 Å². The molecule has 0 aliphatic rings. The quantitative estimate of drug-likeness (QED) is 0.841. The van der Waals surface area contributed by atoms with E-state index in [-0.39, 0.29) is 18.4 Å². The number of anilines is 2. The van der Waals surface area contributed by atoms with Gasteiger partial charge in [0.25, 0.3) is 0 Å². The second-order valence-corrected chi connectivity index (χ2v) is 6.31. The van der Waals surface area contributed by atoms with Gasteiger partial charge in [0.05, 0.1) is 17.9 Å². The van der Waals surface area contributed by atoms with Gasteiger partial charge in [0, 0.05) is 25.9 Å². The van der Waals surface area contributed by atoms with E-state index in [1.807, 2.05) is 37.4 Å². The summed E-state index contributed by atoms with van der Waals surface area (Å²) in [6.45, 7) is 6.26. The normalized spacial score (nSPS) is 10.5. The van der Waals surface area contributed by atoms with Crippen LogP contribution in [-0.4, -0.2) is 30.4 Å². The van der Waals surface area contributed by atoms with Crippen molar-refractivity contribution in [3.8, 4) is 0 Å². The van der Waals surface area contributed by atoms with Crippen LogP contribution in [0.3, 0.4) is 0 Å². The predicted octanol–water partition coefficient (Wildman–Crippen LogP) is 2.28. The zero-order chi connectivity index (χ0) is 17.7. The van der Waals surface area contributed by atoms with Gasteiger partial charge in [-0.15, -0.1) is 11.3 Å². The number of nitrogens with zero attached hydrogens (tertiary/aromatic N) is 2. The van der Waals surface area contributed by atoms with Crippen molar-refractivity contribution in [1.29, 1.82) is 0 Å². The summed E-state index contributed by atoms with van der Waals surface area (Å²) in [6.07, 6.45) is 0. The van der Waals surface area contributed by atoms with Crippen molar-refractivity contribution in [3.63, 3.8) is 0 Å². The number of hydrogen-bond donors (Lipinski definition) is 2.